The number of nitrogens with zero attached hydrogens (tertiary/aromatic N) is 2. The van der Waals surface area contributed by atoms with Crippen molar-refractivity contribution < 1.29 is 4.52 Å². The highest BCUT2D eigenvalue weighted by molar-refractivity contribution is 7.13. The van der Waals surface area contributed by atoms with E-state index in [1.807, 2.05) is 17.5 Å². The van der Waals surface area contributed by atoms with E-state index in [-0.39, 0.29) is 12.0 Å². The van der Waals surface area contributed by atoms with Crippen molar-refractivity contribution in [3.8, 4) is 10.8 Å². The van der Waals surface area contributed by atoms with E-state index in [0.717, 1.165) is 30.0 Å². The first-order valence-corrected chi connectivity index (χ1v) is 6.35. The molecular formula is C11H13N3OS. The van der Waals surface area contributed by atoms with Crippen LogP contribution in [0.5, 0.6) is 0 Å². The minimum atomic E-state index is 0.189. The van der Waals surface area contributed by atoms with E-state index in [0.29, 0.717) is 5.89 Å². The average molecular weight is 235 g/mol. The molecule has 0 aliphatic heterocycles. The molecule has 2 aromatic rings. The molecule has 3 rings (SSSR count). The van der Waals surface area contributed by atoms with Gasteiger partial charge in [0.15, 0.2) is 5.82 Å². The molecule has 0 unspecified atom stereocenters. The van der Waals surface area contributed by atoms with Gasteiger partial charge in [0.2, 0.25) is 0 Å². The Morgan fingerprint density at radius 1 is 1.44 bits per heavy atom. The molecule has 1 aliphatic carbocycles. The van der Waals surface area contributed by atoms with Crippen LogP contribution < -0.4 is 5.73 Å². The van der Waals surface area contributed by atoms with Crippen LogP contribution in [0.1, 0.15) is 31.0 Å². The van der Waals surface area contributed by atoms with E-state index in [1.54, 1.807) is 11.3 Å². The lowest BCUT2D eigenvalue weighted by molar-refractivity contribution is 0.412. The van der Waals surface area contributed by atoms with Gasteiger partial charge in [-0.25, -0.2) is 0 Å². The molecule has 0 amide bonds. The van der Waals surface area contributed by atoms with Crippen molar-refractivity contribution in [2.75, 3.05) is 0 Å². The van der Waals surface area contributed by atoms with Crippen LogP contribution in [0.25, 0.3) is 10.8 Å². The molecule has 2 N–H and O–H groups in total. The number of hydrogen-bond donors (Lipinski definition) is 1. The van der Waals surface area contributed by atoms with Gasteiger partial charge in [-0.15, -0.1) is 11.3 Å². The van der Waals surface area contributed by atoms with Gasteiger partial charge in [-0.1, -0.05) is 17.6 Å². The van der Waals surface area contributed by atoms with Crippen LogP contribution in [0.3, 0.4) is 0 Å². The van der Waals surface area contributed by atoms with Gasteiger partial charge in [-0.3, -0.25) is 0 Å². The smallest absolute Gasteiger partial charge is 0.267 e. The molecule has 0 spiro atoms. The molecule has 2 heterocycles. The van der Waals surface area contributed by atoms with Gasteiger partial charge >= 0.3 is 0 Å². The second kappa shape index (κ2) is 3.99. The molecule has 0 bridgehead atoms. The lowest BCUT2D eigenvalue weighted by Gasteiger charge is -2.09. The summed E-state index contributed by atoms with van der Waals surface area (Å²) < 4.78 is 5.26. The van der Waals surface area contributed by atoms with Crippen LogP contribution in [0, 0.1) is 0 Å². The molecule has 0 radical (unpaired) electrons. The Morgan fingerprint density at radius 2 is 2.38 bits per heavy atom. The minimum Gasteiger partial charge on any atom is -0.333 e. The predicted molar refractivity (Wildman–Crippen MR) is 62.2 cm³/mol. The van der Waals surface area contributed by atoms with E-state index < -0.39 is 0 Å². The fraction of sp³-hybridized carbons (Fsp3) is 0.455. The predicted octanol–water partition coefficient (Wildman–Crippen LogP) is 2.39. The zero-order valence-corrected chi connectivity index (χ0v) is 9.61. The van der Waals surface area contributed by atoms with E-state index in [1.165, 1.54) is 0 Å². The first kappa shape index (κ1) is 9.99. The van der Waals surface area contributed by atoms with Crippen LogP contribution in [0.4, 0.5) is 0 Å². The van der Waals surface area contributed by atoms with Crippen molar-refractivity contribution in [1.29, 1.82) is 0 Å². The van der Waals surface area contributed by atoms with Crippen LogP contribution in [-0.2, 0) is 0 Å². The highest BCUT2D eigenvalue weighted by Crippen LogP contribution is 2.33. The molecule has 4 nitrogen and oxygen atoms in total. The quantitative estimate of drug-likeness (QED) is 0.868. The number of thiophene rings is 1. The highest BCUT2D eigenvalue weighted by Gasteiger charge is 2.29. The van der Waals surface area contributed by atoms with Gasteiger partial charge < -0.3 is 10.3 Å². The van der Waals surface area contributed by atoms with Crippen molar-refractivity contribution in [3.05, 3.63) is 23.3 Å². The topological polar surface area (TPSA) is 64.9 Å². The summed E-state index contributed by atoms with van der Waals surface area (Å²) in [6, 6.07) is 4.15. The molecule has 5 heteroatoms. The van der Waals surface area contributed by atoms with Crippen molar-refractivity contribution in [2.45, 2.75) is 31.2 Å². The van der Waals surface area contributed by atoms with Crippen LogP contribution in [-0.4, -0.2) is 16.2 Å². The monoisotopic (exact) mass is 235 g/mol. The summed E-state index contributed by atoms with van der Waals surface area (Å²) in [6.45, 7) is 0. The lowest BCUT2D eigenvalue weighted by Crippen LogP contribution is -2.23. The first-order valence-electron chi connectivity index (χ1n) is 5.47. The zero-order valence-electron chi connectivity index (χ0n) is 8.80. The SMILES string of the molecule is N[C@@H]1CCC[C@H]1c1noc(-c2cccs2)n1. The fourth-order valence-electron chi connectivity index (χ4n) is 2.20. The molecule has 84 valence electrons. The molecule has 0 saturated heterocycles. The average Bonchev–Trinajstić information content (AvgIpc) is 2.96. The van der Waals surface area contributed by atoms with Gasteiger partial charge in [0.25, 0.3) is 5.89 Å². The Bertz CT molecular complexity index is 465. The van der Waals surface area contributed by atoms with E-state index in [4.69, 9.17) is 10.3 Å². The molecule has 1 aliphatic rings. The third kappa shape index (κ3) is 1.66. The van der Waals surface area contributed by atoms with E-state index >= 15 is 0 Å². The van der Waals surface area contributed by atoms with Crippen LogP contribution in [0.15, 0.2) is 22.0 Å². The molecule has 16 heavy (non-hydrogen) atoms. The summed E-state index contributed by atoms with van der Waals surface area (Å²) in [5, 5.41) is 6.05. The van der Waals surface area contributed by atoms with Crippen LogP contribution in [0.2, 0.25) is 0 Å². The summed E-state index contributed by atoms with van der Waals surface area (Å²) in [5.74, 6) is 1.66. The second-order valence-electron chi connectivity index (χ2n) is 4.14. The first-order chi connectivity index (χ1) is 7.84. The summed E-state index contributed by atoms with van der Waals surface area (Å²) in [7, 11) is 0. The maximum atomic E-state index is 6.02. The van der Waals surface area contributed by atoms with Gasteiger partial charge in [0, 0.05) is 12.0 Å². The van der Waals surface area contributed by atoms with E-state index in [2.05, 4.69) is 10.1 Å². The molecule has 1 fully saturated rings. The minimum absolute atomic E-state index is 0.189. The maximum Gasteiger partial charge on any atom is 0.267 e. The summed E-state index contributed by atoms with van der Waals surface area (Å²) >= 11 is 1.61. The van der Waals surface area contributed by atoms with Gasteiger partial charge in [-0.05, 0) is 24.3 Å². The van der Waals surface area contributed by atoms with Crippen LogP contribution >= 0.6 is 11.3 Å². The summed E-state index contributed by atoms with van der Waals surface area (Å²) in [4.78, 5) is 5.46. The van der Waals surface area contributed by atoms with Crippen molar-refractivity contribution in [1.82, 2.24) is 10.1 Å². The Morgan fingerprint density at radius 3 is 3.06 bits per heavy atom. The molecule has 2 aromatic heterocycles. The largest absolute Gasteiger partial charge is 0.333 e. The normalized spacial score (nSPS) is 25.1. The number of rotatable bonds is 2. The third-order valence-corrected chi connectivity index (χ3v) is 3.93. The van der Waals surface area contributed by atoms with Gasteiger partial charge in [-0.2, -0.15) is 4.98 Å². The van der Waals surface area contributed by atoms with Crippen molar-refractivity contribution >= 4 is 11.3 Å². The summed E-state index contributed by atoms with van der Waals surface area (Å²) in [5.41, 5.74) is 6.02. The molecule has 1 saturated carbocycles. The second-order valence-corrected chi connectivity index (χ2v) is 5.08. The number of hydrogen-bond acceptors (Lipinski definition) is 5. The third-order valence-electron chi connectivity index (χ3n) is 3.07. The number of nitrogens with two attached hydrogens (primary N) is 1. The molecular weight excluding hydrogens is 222 g/mol. The van der Waals surface area contributed by atoms with E-state index in [9.17, 15) is 0 Å². The Labute approximate surface area is 97.5 Å². The molecule has 2 atom stereocenters. The van der Waals surface area contributed by atoms with Gasteiger partial charge in [0.1, 0.15) is 0 Å². The summed E-state index contributed by atoms with van der Waals surface area (Å²) in [6.07, 6.45) is 3.30. The van der Waals surface area contributed by atoms with Crippen molar-refractivity contribution in [2.24, 2.45) is 5.73 Å². The Hall–Kier alpha value is -1.20. The molecule has 0 aromatic carbocycles. The number of aromatic nitrogens is 2. The highest BCUT2D eigenvalue weighted by atomic mass is 32.1. The fourth-order valence-corrected chi connectivity index (χ4v) is 2.84. The Kier molecular flexibility index (Phi) is 2.49. The maximum absolute atomic E-state index is 6.02. The van der Waals surface area contributed by atoms with Gasteiger partial charge in [0.05, 0.1) is 4.88 Å². The zero-order chi connectivity index (χ0) is 11.0. The van der Waals surface area contributed by atoms with Crippen molar-refractivity contribution in [3.63, 3.8) is 0 Å². The lowest BCUT2D eigenvalue weighted by atomic mass is 10.0. The standard InChI is InChI=1S/C11H13N3OS/c12-8-4-1-3-7(8)10-13-11(15-14-10)9-5-2-6-16-9/h2,5-8H,1,3-4,12H2/t7-,8-/m1/s1. The Balaban J connectivity index is 1.88.